The Labute approximate surface area is 128 Å². The molecule has 0 aliphatic carbocycles. The zero-order valence-electron chi connectivity index (χ0n) is 12.6. The molecule has 3 N–H and O–H groups in total. The van der Waals surface area contributed by atoms with Crippen LogP contribution in [-0.4, -0.2) is 11.9 Å². The highest BCUT2D eigenvalue weighted by Crippen LogP contribution is 2.34. The summed E-state index contributed by atoms with van der Waals surface area (Å²) in [7, 11) is 0. The van der Waals surface area contributed by atoms with Crippen LogP contribution >= 0.6 is 11.3 Å². The highest BCUT2D eigenvalue weighted by Gasteiger charge is 2.18. The molecular formula is C16H21FN2OS. The number of carbonyl (C=O) groups excluding carboxylic acids is 1. The molecule has 0 spiro atoms. The molecule has 1 unspecified atom stereocenters. The molecule has 1 aromatic heterocycles. The molecule has 0 radical (unpaired) electrons. The quantitative estimate of drug-likeness (QED) is 0.870. The van der Waals surface area contributed by atoms with E-state index < -0.39 is 0 Å². The number of anilines is 1. The summed E-state index contributed by atoms with van der Waals surface area (Å²) < 4.78 is 14.1. The first-order valence-corrected chi connectivity index (χ1v) is 7.98. The molecular weight excluding hydrogens is 287 g/mol. The molecule has 2 aromatic rings. The maximum absolute atomic E-state index is 13.3. The molecule has 1 aromatic carbocycles. The molecule has 1 amide bonds. The van der Waals surface area contributed by atoms with Crippen LogP contribution in [0.15, 0.2) is 18.2 Å². The van der Waals surface area contributed by atoms with Gasteiger partial charge >= 0.3 is 0 Å². The summed E-state index contributed by atoms with van der Waals surface area (Å²) in [4.78, 5) is 12.8. The van der Waals surface area contributed by atoms with E-state index in [0.29, 0.717) is 21.9 Å². The zero-order chi connectivity index (χ0) is 15.6. The largest absolute Gasteiger partial charge is 0.397 e. The zero-order valence-corrected chi connectivity index (χ0v) is 13.4. The van der Waals surface area contributed by atoms with Crippen molar-refractivity contribution in [1.82, 2.24) is 5.32 Å². The summed E-state index contributed by atoms with van der Waals surface area (Å²) in [6.07, 6.45) is 2.00. The van der Waals surface area contributed by atoms with Crippen LogP contribution < -0.4 is 11.1 Å². The van der Waals surface area contributed by atoms with E-state index in [4.69, 9.17) is 5.73 Å². The molecule has 1 heterocycles. The molecule has 0 aliphatic rings. The Balaban J connectivity index is 2.14. The first-order valence-electron chi connectivity index (χ1n) is 7.17. The van der Waals surface area contributed by atoms with Crippen molar-refractivity contribution in [3.63, 3.8) is 0 Å². The summed E-state index contributed by atoms with van der Waals surface area (Å²) in [6.45, 7) is 6.31. The van der Waals surface area contributed by atoms with Gasteiger partial charge in [0, 0.05) is 16.1 Å². The number of amides is 1. The van der Waals surface area contributed by atoms with Crippen LogP contribution in [0.25, 0.3) is 10.1 Å². The topological polar surface area (TPSA) is 55.1 Å². The van der Waals surface area contributed by atoms with E-state index >= 15 is 0 Å². The number of nitrogens with two attached hydrogens (primary N) is 1. The van der Waals surface area contributed by atoms with Gasteiger partial charge in [-0.15, -0.1) is 11.3 Å². The number of halogens is 1. The Kier molecular flexibility index (Phi) is 4.83. The molecule has 2 rings (SSSR count). The average Bonchev–Trinajstić information content (AvgIpc) is 2.74. The van der Waals surface area contributed by atoms with Crippen LogP contribution in [0, 0.1) is 11.7 Å². The minimum Gasteiger partial charge on any atom is -0.397 e. The molecule has 0 bridgehead atoms. The van der Waals surface area contributed by atoms with Gasteiger partial charge in [-0.05, 0) is 43.9 Å². The monoisotopic (exact) mass is 308 g/mol. The van der Waals surface area contributed by atoms with Crippen molar-refractivity contribution in [2.24, 2.45) is 5.92 Å². The van der Waals surface area contributed by atoms with Crippen LogP contribution in [0.4, 0.5) is 10.1 Å². The van der Waals surface area contributed by atoms with Crippen molar-refractivity contribution >= 4 is 33.0 Å². The number of hydrogen-bond donors (Lipinski definition) is 2. The van der Waals surface area contributed by atoms with Crippen LogP contribution in [0.1, 0.15) is 43.3 Å². The molecule has 5 heteroatoms. The lowest BCUT2D eigenvalue weighted by Gasteiger charge is -2.14. The Morgan fingerprint density at radius 1 is 1.33 bits per heavy atom. The predicted molar refractivity (Wildman–Crippen MR) is 87.2 cm³/mol. The van der Waals surface area contributed by atoms with Gasteiger partial charge in [0.2, 0.25) is 0 Å². The van der Waals surface area contributed by atoms with E-state index in [9.17, 15) is 9.18 Å². The van der Waals surface area contributed by atoms with E-state index in [-0.39, 0.29) is 17.8 Å². The molecule has 3 nitrogen and oxygen atoms in total. The van der Waals surface area contributed by atoms with Crippen LogP contribution in [-0.2, 0) is 0 Å². The standard InChI is InChI=1S/C16H21FN2OS/c1-9(2)4-5-10(3)19-16(20)15-14(18)12-8-11(17)6-7-13(12)21-15/h6-10H,4-5,18H2,1-3H3,(H,19,20). The van der Waals surface area contributed by atoms with E-state index in [1.54, 1.807) is 6.07 Å². The third-order valence-corrected chi connectivity index (χ3v) is 4.63. The van der Waals surface area contributed by atoms with Crippen molar-refractivity contribution < 1.29 is 9.18 Å². The summed E-state index contributed by atoms with van der Waals surface area (Å²) in [5.41, 5.74) is 6.35. The van der Waals surface area contributed by atoms with Gasteiger partial charge in [-0.2, -0.15) is 0 Å². The minimum absolute atomic E-state index is 0.0984. The second-order valence-corrected chi connectivity index (χ2v) is 6.88. The maximum atomic E-state index is 13.3. The molecule has 1 atom stereocenters. The number of hydrogen-bond acceptors (Lipinski definition) is 3. The third-order valence-electron chi connectivity index (χ3n) is 3.45. The van der Waals surface area contributed by atoms with Gasteiger partial charge in [-0.1, -0.05) is 13.8 Å². The fourth-order valence-corrected chi connectivity index (χ4v) is 3.21. The number of rotatable bonds is 5. The number of fused-ring (bicyclic) bond motifs is 1. The van der Waals surface area contributed by atoms with Gasteiger partial charge < -0.3 is 11.1 Å². The van der Waals surface area contributed by atoms with E-state index in [0.717, 1.165) is 17.5 Å². The lowest BCUT2D eigenvalue weighted by atomic mass is 10.0. The van der Waals surface area contributed by atoms with Crippen LogP contribution in [0.5, 0.6) is 0 Å². The summed E-state index contributed by atoms with van der Waals surface area (Å²) in [6, 6.07) is 4.51. The van der Waals surface area contributed by atoms with E-state index in [1.165, 1.54) is 23.5 Å². The second-order valence-electron chi connectivity index (χ2n) is 5.83. The van der Waals surface area contributed by atoms with Crippen LogP contribution in [0.2, 0.25) is 0 Å². The first-order chi connectivity index (χ1) is 9.88. The number of carbonyl (C=O) groups is 1. The normalized spacial score (nSPS) is 12.8. The maximum Gasteiger partial charge on any atom is 0.263 e. The van der Waals surface area contributed by atoms with Gasteiger partial charge in [-0.25, -0.2) is 4.39 Å². The third kappa shape index (κ3) is 3.73. The minimum atomic E-state index is -0.343. The lowest BCUT2D eigenvalue weighted by Crippen LogP contribution is -2.32. The summed E-state index contributed by atoms with van der Waals surface area (Å²) in [5, 5.41) is 3.58. The van der Waals surface area contributed by atoms with Crippen molar-refractivity contribution in [1.29, 1.82) is 0 Å². The number of benzene rings is 1. The molecule has 0 saturated heterocycles. The smallest absolute Gasteiger partial charge is 0.263 e. The average molecular weight is 308 g/mol. The highest BCUT2D eigenvalue weighted by molar-refractivity contribution is 7.21. The molecule has 0 fully saturated rings. The highest BCUT2D eigenvalue weighted by atomic mass is 32.1. The fourth-order valence-electron chi connectivity index (χ4n) is 2.20. The number of nitrogen functional groups attached to an aromatic ring is 1. The Hall–Kier alpha value is -1.62. The molecule has 0 saturated carbocycles. The molecule has 21 heavy (non-hydrogen) atoms. The summed E-state index contributed by atoms with van der Waals surface area (Å²) >= 11 is 1.30. The van der Waals surface area contributed by atoms with Crippen molar-refractivity contribution in [2.45, 2.75) is 39.7 Å². The van der Waals surface area contributed by atoms with Crippen molar-refractivity contribution in [3.05, 3.63) is 28.9 Å². The van der Waals surface area contributed by atoms with Gasteiger partial charge in [0.25, 0.3) is 5.91 Å². The van der Waals surface area contributed by atoms with Crippen LogP contribution in [0.3, 0.4) is 0 Å². The fraction of sp³-hybridized carbons (Fsp3) is 0.438. The van der Waals surface area contributed by atoms with E-state index in [2.05, 4.69) is 19.2 Å². The van der Waals surface area contributed by atoms with Gasteiger partial charge in [0.05, 0.1) is 5.69 Å². The van der Waals surface area contributed by atoms with E-state index in [1.807, 2.05) is 6.92 Å². The number of nitrogens with one attached hydrogen (secondary N) is 1. The van der Waals surface area contributed by atoms with Gasteiger partial charge in [-0.3, -0.25) is 4.79 Å². The van der Waals surface area contributed by atoms with Gasteiger partial charge in [0.1, 0.15) is 10.7 Å². The Bertz CT molecular complexity index is 651. The first kappa shape index (κ1) is 15.8. The SMILES string of the molecule is CC(C)CCC(C)NC(=O)c1sc2ccc(F)cc2c1N. The Morgan fingerprint density at radius 3 is 2.71 bits per heavy atom. The van der Waals surface area contributed by atoms with Gasteiger partial charge in [0.15, 0.2) is 0 Å². The van der Waals surface area contributed by atoms with Crippen molar-refractivity contribution in [2.75, 3.05) is 5.73 Å². The molecule has 0 aliphatic heterocycles. The second kappa shape index (κ2) is 6.43. The predicted octanol–water partition coefficient (Wildman–Crippen LogP) is 4.18. The summed E-state index contributed by atoms with van der Waals surface area (Å²) in [5.74, 6) is 0.0938. The molecule has 114 valence electrons. The van der Waals surface area contributed by atoms with Crippen molar-refractivity contribution in [3.8, 4) is 0 Å². The number of thiophene rings is 1. The lowest BCUT2D eigenvalue weighted by molar-refractivity contribution is 0.0942. The Morgan fingerprint density at radius 2 is 2.05 bits per heavy atom.